The third-order valence-corrected chi connectivity index (χ3v) is 4.38. The molecule has 0 radical (unpaired) electrons. The van der Waals surface area contributed by atoms with Crippen molar-refractivity contribution >= 4 is 36.3 Å². The van der Waals surface area contributed by atoms with Gasteiger partial charge in [0, 0.05) is 0 Å². The van der Waals surface area contributed by atoms with Crippen molar-refractivity contribution in [3.8, 4) is 0 Å². The molecule has 0 aliphatic rings. The fourth-order valence-corrected chi connectivity index (χ4v) is 3.26. The summed E-state index contributed by atoms with van der Waals surface area (Å²) < 4.78 is 23.1. The highest BCUT2D eigenvalue weighted by Crippen LogP contribution is 2.32. The highest BCUT2D eigenvalue weighted by Gasteiger charge is 2.46. The quantitative estimate of drug-likeness (QED) is 0.390. The Morgan fingerprint density at radius 2 is 1.95 bits per heavy atom. The molecule has 6 heteroatoms. The monoisotopic (exact) mass is 388 g/mol. The van der Waals surface area contributed by atoms with Gasteiger partial charge in [-0.3, -0.25) is 0 Å². The van der Waals surface area contributed by atoms with Crippen LogP contribution in [-0.4, -0.2) is 31.6 Å². The van der Waals surface area contributed by atoms with Crippen LogP contribution in [0.1, 0.15) is 12.5 Å². The summed E-state index contributed by atoms with van der Waals surface area (Å²) in [5.41, 5.74) is 0.902. The topological polar surface area (TPSA) is 35.5 Å². The first-order valence-corrected chi connectivity index (χ1v) is 11.3. The van der Waals surface area contributed by atoms with Gasteiger partial charge in [-0.25, -0.2) is 9.18 Å². The minimum Gasteiger partial charge on any atom is -0.463 e. The second-order valence-corrected chi connectivity index (χ2v) is 11.4. The van der Waals surface area contributed by atoms with Crippen LogP contribution in [0.25, 0.3) is 6.08 Å². The van der Waals surface area contributed by atoms with Crippen LogP contribution in [0.5, 0.6) is 0 Å². The lowest BCUT2D eigenvalue weighted by Gasteiger charge is -2.30. The summed E-state index contributed by atoms with van der Waals surface area (Å²) >= 11 is 2.85. The van der Waals surface area contributed by atoms with Gasteiger partial charge < -0.3 is 9.16 Å². The maximum absolute atomic E-state index is 14.9. The second-order valence-electron chi connectivity index (χ2n) is 5.76. The van der Waals surface area contributed by atoms with E-state index in [0.29, 0.717) is 0 Å². The van der Waals surface area contributed by atoms with Gasteiger partial charge in [0.1, 0.15) is 6.10 Å². The molecule has 0 aliphatic heterocycles. The third-order valence-electron chi connectivity index (χ3n) is 2.65. The van der Waals surface area contributed by atoms with Crippen molar-refractivity contribution in [1.82, 2.24) is 0 Å². The van der Waals surface area contributed by atoms with Gasteiger partial charge in [0.25, 0.3) is 4.58 Å². The summed E-state index contributed by atoms with van der Waals surface area (Å²) in [4.78, 5) is 11.9. The van der Waals surface area contributed by atoms with Crippen LogP contribution >= 0.6 is 15.9 Å². The molecule has 0 spiro atoms. The Balaban J connectivity index is 3.02. The second kappa shape index (κ2) is 8.03. The van der Waals surface area contributed by atoms with Crippen molar-refractivity contribution in [3.05, 3.63) is 42.0 Å². The average molecular weight is 389 g/mol. The largest absolute Gasteiger partial charge is 0.463 e. The van der Waals surface area contributed by atoms with Crippen LogP contribution in [0.2, 0.25) is 19.6 Å². The molecule has 0 aliphatic carbocycles. The lowest BCUT2D eigenvalue weighted by molar-refractivity contribution is -0.153. The van der Waals surface area contributed by atoms with Crippen LogP contribution in [0.3, 0.4) is 0 Å². The fourth-order valence-electron chi connectivity index (χ4n) is 1.72. The van der Waals surface area contributed by atoms with E-state index in [1.165, 1.54) is 0 Å². The Kier molecular flexibility index (Phi) is 6.96. The number of ether oxygens (including phenoxy) is 1. The molecule has 122 valence electrons. The van der Waals surface area contributed by atoms with E-state index >= 15 is 0 Å². The first-order valence-electron chi connectivity index (χ1n) is 7.13. The molecule has 0 saturated carbocycles. The number of hydrogen-bond donors (Lipinski definition) is 0. The van der Waals surface area contributed by atoms with Crippen molar-refractivity contribution in [2.75, 3.05) is 6.61 Å². The molecule has 0 unspecified atom stereocenters. The number of benzene rings is 1. The number of halogens is 2. The van der Waals surface area contributed by atoms with E-state index in [9.17, 15) is 9.18 Å². The number of esters is 1. The molecule has 2 atom stereocenters. The number of carbonyl (C=O) groups excluding carboxylic acids is 1. The first-order chi connectivity index (χ1) is 10.2. The van der Waals surface area contributed by atoms with Crippen molar-refractivity contribution in [1.29, 1.82) is 0 Å². The lowest BCUT2D eigenvalue weighted by Crippen LogP contribution is -2.46. The summed E-state index contributed by atoms with van der Waals surface area (Å²) in [6, 6.07) is 9.45. The van der Waals surface area contributed by atoms with Gasteiger partial charge in [-0.15, -0.1) is 0 Å². The summed E-state index contributed by atoms with van der Waals surface area (Å²) in [5, 5.41) is 0. The molecule has 0 amide bonds. The predicted octanol–water partition coefficient (Wildman–Crippen LogP) is 4.54. The zero-order chi connectivity index (χ0) is 16.8. The fraction of sp³-hybridized carbons (Fsp3) is 0.438. The number of carbonyl (C=O) groups is 1. The highest BCUT2D eigenvalue weighted by atomic mass is 79.9. The molecule has 0 N–H and O–H groups in total. The summed E-state index contributed by atoms with van der Waals surface area (Å²) in [6.07, 6.45) is 2.23. The van der Waals surface area contributed by atoms with Gasteiger partial charge in [-0.2, -0.15) is 0 Å². The molecule has 22 heavy (non-hydrogen) atoms. The van der Waals surface area contributed by atoms with Crippen LogP contribution in [0, 0.1) is 0 Å². The van der Waals surface area contributed by atoms with Crippen LogP contribution < -0.4 is 0 Å². The minimum absolute atomic E-state index is 0.109. The molecule has 3 nitrogen and oxygen atoms in total. The van der Waals surface area contributed by atoms with Crippen LogP contribution in [0.15, 0.2) is 36.4 Å². The molecule has 0 heterocycles. The molecule has 0 bridgehead atoms. The van der Waals surface area contributed by atoms with E-state index in [1.807, 2.05) is 50.0 Å². The molecule has 0 fully saturated rings. The standard InChI is InChI=1S/C16H22BrFO3Si/c1-5-20-15(19)16(17,18)14(21-22(2,3)4)12-11-13-9-7-6-8-10-13/h6-12,14H,5H2,1-4H3/b12-11+/t14-,16-/m1/s1. The van der Waals surface area contributed by atoms with Gasteiger partial charge in [0.05, 0.1) is 6.61 Å². The van der Waals surface area contributed by atoms with Gasteiger partial charge in [-0.05, 0) is 48.1 Å². The Labute approximate surface area is 140 Å². The van der Waals surface area contributed by atoms with Crippen molar-refractivity contribution in [3.63, 3.8) is 0 Å². The van der Waals surface area contributed by atoms with Crippen molar-refractivity contribution in [2.24, 2.45) is 0 Å². The normalized spacial score (nSPS) is 16.3. The molecule has 0 saturated heterocycles. The first kappa shape index (κ1) is 19.1. The zero-order valence-corrected chi connectivity index (χ0v) is 15.9. The van der Waals surface area contributed by atoms with Crippen molar-refractivity contribution in [2.45, 2.75) is 37.2 Å². The summed E-state index contributed by atoms with van der Waals surface area (Å²) in [6.45, 7) is 7.55. The molecule has 1 aromatic rings. The van der Waals surface area contributed by atoms with E-state index in [4.69, 9.17) is 9.16 Å². The molecule has 1 rings (SSSR count). The number of alkyl halides is 2. The third kappa shape index (κ3) is 6.02. The SMILES string of the molecule is CCOC(=O)[C@@](F)(Br)[C@@H](/C=C/c1ccccc1)O[Si](C)(C)C. The molecular formula is C16H22BrFO3Si. The van der Waals surface area contributed by atoms with E-state index in [2.05, 4.69) is 15.9 Å². The van der Waals surface area contributed by atoms with E-state index < -0.39 is 25.0 Å². The zero-order valence-electron chi connectivity index (χ0n) is 13.3. The Morgan fingerprint density at radius 3 is 2.45 bits per heavy atom. The van der Waals surface area contributed by atoms with Crippen LogP contribution in [-0.2, 0) is 14.0 Å². The van der Waals surface area contributed by atoms with Gasteiger partial charge in [-0.1, -0.05) is 42.5 Å². The molecule has 1 aromatic carbocycles. The van der Waals surface area contributed by atoms with E-state index in [-0.39, 0.29) is 6.61 Å². The smallest absolute Gasteiger partial charge is 0.358 e. The molecule has 0 aromatic heterocycles. The van der Waals surface area contributed by atoms with Gasteiger partial charge in [0.15, 0.2) is 8.32 Å². The lowest BCUT2D eigenvalue weighted by atomic mass is 10.1. The number of rotatable bonds is 7. The highest BCUT2D eigenvalue weighted by molar-refractivity contribution is 9.10. The Bertz CT molecular complexity index is 512. The predicted molar refractivity (Wildman–Crippen MR) is 93.1 cm³/mol. The molecular weight excluding hydrogens is 367 g/mol. The van der Waals surface area contributed by atoms with Crippen molar-refractivity contribution < 1.29 is 18.3 Å². The van der Waals surface area contributed by atoms with Gasteiger partial charge >= 0.3 is 5.97 Å². The summed E-state index contributed by atoms with van der Waals surface area (Å²) in [5.74, 6) is -0.976. The van der Waals surface area contributed by atoms with Gasteiger partial charge in [0.2, 0.25) is 0 Å². The Morgan fingerprint density at radius 1 is 1.36 bits per heavy atom. The average Bonchev–Trinajstić information content (AvgIpc) is 2.43. The van der Waals surface area contributed by atoms with E-state index in [1.54, 1.807) is 19.1 Å². The maximum atomic E-state index is 14.9. The minimum atomic E-state index is -2.41. The maximum Gasteiger partial charge on any atom is 0.358 e. The van der Waals surface area contributed by atoms with E-state index in [0.717, 1.165) is 5.56 Å². The van der Waals surface area contributed by atoms with Crippen LogP contribution in [0.4, 0.5) is 4.39 Å². The Hall–Kier alpha value is -0.983. The summed E-state index contributed by atoms with van der Waals surface area (Å²) in [7, 11) is -2.07. The number of hydrogen-bond acceptors (Lipinski definition) is 3.